The van der Waals surface area contributed by atoms with Crippen LogP contribution in [0.1, 0.15) is 57.1 Å². The molecule has 0 bridgehead atoms. The summed E-state index contributed by atoms with van der Waals surface area (Å²) >= 11 is 0. The first-order chi connectivity index (χ1) is 14.8. The molecule has 0 aromatic heterocycles. The Morgan fingerprint density at radius 2 is 2.03 bits per heavy atom. The minimum Gasteiger partial charge on any atom is -0.348 e. The number of carbonyl (C=O) groups excluding carboxylic acids is 1. The minimum atomic E-state index is -0.183. The molecule has 168 valence electrons. The van der Waals surface area contributed by atoms with E-state index in [9.17, 15) is 9.18 Å². The van der Waals surface area contributed by atoms with Gasteiger partial charge in [0.05, 0.1) is 11.4 Å². The smallest absolute Gasteiger partial charge is 0.265 e. The summed E-state index contributed by atoms with van der Waals surface area (Å²) in [4.78, 5) is 24.2. The molecule has 0 saturated carbocycles. The number of halogens is 1. The first-order valence-electron chi connectivity index (χ1n) is 11.4. The molecule has 0 spiro atoms. The predicted molar refractivity (Wildman–Crippen MR) is 125 cm³/mol. The van der Waals surface area contributed by atoms with E-state index < -0.39 is 0 Å². The molecule has 1 aromatic rings. The first kappa shape index (κ1) is 23.3. The van der Waals surface area contributed by atoms with Crippen molar-refractivity contribution in [1.29, 1.82) is 0 Å². The number of aliphatic imine (C=N–C) groups is 2. The van der Waals surface area contributed by atoms with Crippen LogP contribution < -0.4 is 5.32 Å². The van der Waals surface area contributed by atoms with Gasteiger partial charge in [-0.05, 0) is 103 Å². The molecule has 2 heterocycles. The minimum absolute atomic E-state index is 0.0847. The second-order valence-corrected chi connectivity index (χ2v) is 8.93. The van der Waals surface area contributed by atoms with Gasteiger partial charge in [0, 0.05) is 18.2 Å². The molecule has 0 aliphatic carbocycles. The van der Waals surface area contributed by atoms with Crippen LogP contribution >= 0.6 is 0 Å². The molecule has 1 aromatic carbocycles. The molecule has 31 heavy (non-hydrogen) atoms. The molecular weight excluding hydrogens is 391 g/mol. The number of hydrogen-bond acceptors (Lipinski definition) is 4. The van der Waals surface area contributed by atoms with Crippen LogP contribution in [0.5, 0.6) is 0 Å². The number of hydrogen-bond donors (Lipinski definition) is 1. The van der Waals surface area contributed by atoms with Gasteiger partial charge in [0.1, 0.15) is 11.5 Å². The third-order valence-electron chi connectivity index (χ3n) is 6.41. The van der Waals surface area contributed by atoms with Gasteiger partial charge in [0.25, 0.3) is 5.91 Å². The third-order valence-corrected chi connectivity index (χ3v) is 6.41. The van der Waals surface area contributed by atoms with Crippen molar-refractivity contribution in [3.63, 3.8) is 0 Å². The first-order valence-corrected chi connectivity index (χ1v) is 11.4. The molecule has 1 amide bonds. The molecule has 3 rings (SSSR count). The van der Waals surface area contributed by atoms with Crippen molar-refractivity contribution in [2.75, 3.05) is 20.1 Å². The predicted octanol–water partition coefficient (Wildman–Crippen LogP) is 4.45. The number of aryl methyl sites for hydroxylation is 2. The van der Waals surface area contributed by atoms with Crippen LogP contribution in [-0.2, 0) is 11.2 Å². The van der Waals surface area contributed by atoms with Gasteiger partial charge in [-0.3, -0.25) is 14.8 Å². The second kappa shape index (κ2) is 10.8. The lowest BCUT2D eigenvalue weighted by Crippen LogP contribution is -2.45. The van der Waals surface area contributed by atoms with E-state index in [2.05, 4.69) is 22.3 Å². The summed E-state index contributed by atoms with van der Waals surface area (Å²) in [6.45, 7) is 7.78. The lowest BCUT2D eigenvalue weighted by atomic mass is 9.91. The lowest BCUT2D eigenvalue weighted by molar-refractivity contribution is -0.115. The number of allylic oxidation sites excluding steroid dienone is 2. The second-order valence-electron chi connectivity index (χ2n) is 8.93. The van der Waals surface area contributed by atoms with Gasteiger partial charge >= 0.3 is 0 Å². The lowest BCUT2D eigenvalue weighted by Gasteiger charge is -2.29. The van der Waals surface area contributed by atoms with Crippen LogP contribution in [0, 0.1) is 18.7 Å². The Balaban J connectivity index is 1.61. The number of rotatable bonds is 7. The number of nitrogens with zero attached hydrogens (tertiary/aromatic N) is 3. The zero-order chi connectivity index (χ0) is 22.4. The standard InChI is InChI=1S/C25H35FN4O/c1-17-8-9-22(26)16-21(17)7-5-6-20-10-13-27-18(2)24(20)28-19(3)25(31)29-23-11-14-30(4)15-12-23/h8-9,13,16,20,23H,5-7,10-12,14-15H2,1-4H3,(H,29,31). The van der Waals surface area contributed by atoms with E-state index in [0.29, 0.717) is 5.71 Å². The van der Waals surface area contributed by atoms with Gasteiger partial charge in [0.2, 0.25) is 0 Å². The fraction of sp³-hybridized carbons (Fsp3) is 0.560. The zero-order valence-electron chi connectivity index (χ0n) is 19.2. The summed E-state index contributed by atoms with van der Waals surface area (Å²) in [5.41, 5.74) is 4.47. The highest BCUT2D eigenvalue weighted by atomic mass is 19.1. The van der Waals surface area contributed by atoms with Crippen molar-refractivity contribution < 1.29 is 9.18 Å². The topological polar surface area (TPSA) is 57.1 Å². The number of likely N-dealkylation sites (tertiary alicyclic amines) is 1. The number of carbonyl (C=O) groups is 1. The molecule has 1 atom stereocenters. The van der Waals surface area contributed by atoms with E-state index >= 15 is 0 Å². The maximum atomic E-state index is 13.6. The summed E-state index contributed by atoms with van der Waals surface area (Å²) in [6.07, 6.45) is 7.43. The summed E-state index contributed by atoms with van der Waals surface area (Å²) in [6, 6.07) is 5.20. The monoisotopic (exact) mass is 426 g/mol. The summed E-state index contributed by atoms with van der Waals surface area (Å²) in [7, 11) is 2.11. The summed E-state index contributed by atoms with van der Waals surface area (Å²) in [5, 5.41) is 3.14. The molecule has 2 aliphatic heterocycles. The zero-order valence-corrected chi connectivity index (χ0v) is 19.2. The highest BCUT2D eigenvalue weighted by Gasteiger charge is 2.22. The summed E-state index contributed by atoms with van der Waals surface area (Å²) in [5.74, 6) is -0.0336. The van der Waals surface area contributed by atoms with Crippen molar-refractivity contribution in [3.8, 4) is 0 Å². The van der Waals surface area contributed by atoms with Gasteiger partial charge < -0.3 is 10.2 Å². The van der Waals surface area contributed by atoms with Crippen molar-refractivity contribution >= 4 is 17.8 Å². The maximum Gasteiger partial charge on any atom is 0.265 e. The Bertz CT molecular complexity index is 882. The highest BCUT2D eigenvalue weighted by molar-refractivity contribution is 6.38. The van der Waals surface area contributed by atoms with Gasteiger partial charge in [-0.25, -0.2) is 4.39 Å². The number of piperidine rings is 1. The quantitative estimate of drug-likeness (QED) is 0.655. The molecule has 1 unspecified atom stereocenters. The molecule has 0 radical (unpaired) electrons. The Morgan fingerprint density at radius 1 is 1.29 bits per heavy atom. The van der Waals surface area contributed by atoms with Crippen LogP contribution in [0.15, 0.2) is 39.6 Å². The van der Waals surface area contributed by atoms with E-state index in [1.165, 1.54) is 6.07 Å². The van der Waals surface area contributed by atoms with Gasteiger partial charge in [-0.1, -0.05) is 6.07 Å². The van der Waals surface area contributed by atoms with E-state index in [1.54, 1.807) is 13.0 Å². The van der Waals surface area contributed by atoms with Crippen molar-refractivity contribution in [1.82, 2.24) is 10.2 Å². The average Bonchev–Trinajstić information content (AvgIpc) is 2.74. The maximum absolute atomic E-state index is 13.6. The molecule has 1 N–H and O–H groups in total. The van der Waals surface area contributed by atoms with Gasteiger partial charge in [-0.15, -0.1) is 0 Å². The van der Waals surface area contributed by atoms with Crippen LogP contribution in [-0.4, -0.2) is 48.9 Å². The summed E-state index contributed by atoms with van der Waals surface area (Å²) < 4.78 is 13.6. The molecule has 1 fully saturated rings. The molecule has 5 nitrogen and oxygen atoms in total. The third kappa shape index (κ3) is 6.57. The highest BCUT2D eigenvalue weighted by Crippen LogP contribution is 2.29. The Morgan fingerprint density at radius 3 is 2.77 bits per heavy atom. The van der Waals surface area contributed by atoms with Crippen molar-refractivity contribution in [2.45, 2.75) is 65.3 Å². The van der Waals surface area contributed by atoms with E-state index in [-0.39, 0.29) is 23.7 Å². The molecule has 2 aliphatic rings. The molecular formula is C25H35FN4O. The average molecular weight is 427 g/mol. The normalized spacial score (nSPS) is 20.9. The fourth-order valence-electron chi connectivity index (χ4n) is 4.34. The number of amides is 1. The Kier molecular flexibility index (Phi) is 8.13. The van der Waals surface area contributed by atoms with Gasteiger partial charge in [-0.2, -0.15) is 0 Å². The van der Waals surface area contributed by atoms with Crippen LogP contribution in [0.4, 0.5) is 4.39 Å². The van der Waals surface area contributed by atoms with Crippen molar-refractivity contribution in [2.24, 2.45) is 15.9 Å². The fourth-order valence-corrected chi connectivity index (χ4v) is 4.34. The number of nitrogens with one attached hydrogen (secondary N) is 1. The SMILES string of the molecule is CC(=NC1=C(C)N=CCC1CCCc1cc(F)ccc1C)C(=O)NC1CCN(C)CC1. The van der Waals surface area contributed by atoms with Gasteiger partial charge in [0.15, 0.2) is 0 Å². The van der Waals surface area contributed by atoms with Crippen LogP contribution in [0.25, 0.3) is 0 Å². The number of benzene rings is 1. The van der Waals surface area contributed by atoms with Crippen molar-refractivity contribution in [3.05, 3.63) is 46.5 Å². The molecule has 6 heteroatoms. The van der Waals surface area contributed by atoms with Crippen LogP contribution in [0.3, 0.4) is 0 Å². The van der Waals surface area contributed by atoms with E-state index in [0.717, 1.165) is 74.1 Å². The Hall–Kier alpha value is -2.34. The Labute approximate surface area is 185 Å². The van der Waals surface area contributed by atoms with E-state index in [1.807, 2.05) is 26.1 Å². The largest absolute Gasteiger partial charge is 0.348 e. The van der Waals surface area contributed by atoms with E-state index in [4.69, 9.17) is 4.99 Å². The molecule has 1 saturated heterocycles. The van der Waals surface area contributed by atoms with Crippen LogP contribution in [0.2, 0.25) is 0 Å².